The molecule has 4 heteroatoms. The topological polar surface area (TPSA) is 42.7 Å². The van der Waals surface area contributed by atoms with Crippen LogP contribution in [0.25, 0.3) is 5.82 Å². The summed E-state index contributed by atoms with van der Waals surface area (Å²) in [5.74, 6) is 2.48. The average Bonchev–Trinajstić information content (AvgIpc) is 2.79. The van der Waals surface area contributed by atoms with Crippen molar-refractivity contribution in [3.63, 3.8) is 0 Å². The fourth-order valence-electron chi connectivity index (χ4n) is 1.98. The van der Waals surface area contributed by atoms with Gasteiger partial charge in [0.2, 0.25) is 0 Å². The molecule has 4 nitrogen and oxygen atoms in total. The van der Waals surface area contributed by atoms with E-state index in [1.165, 1.54) is 0 Å². The second-order valence-corrected chi connectivity index (χ2v) is 5.15. The van der Waals surface area contributed by atoms with Crippen molar-refractivity contribution in [2.24, 2.45) is 5.92 Å². The van der Waals surface area contributed by atoms with Gasteiger partial charge in [-0.3, -0.25) is 0 Å². The third-order valence-electron chi connectivity index (χ3n) is 2.80. The van der Waals surface area contributed by atoms with Crippen molar-refractivity contribution >= 4 is 5.82 Å². The fourth-order valence-corrected chi connectivity index (χ4v) is 1.98. The predicted molar refractivity (Wildman–Crippen MR) is 78.7 cm³/mol. The Hall–Kier alpha value is -1.84. The zero-order valence-corrected chi connectivity index (χ0v) is 11.9. The van der Waals surface area contributed by atoms with Crippen molar-refractivity contribution in [2.75, 3.05) is 11.9 Å². The van der Waals surface area contributed by atoms with Gasteiger partial charge in [0, 0.05) is 18.8 Å². The van der Waals surface area contributed by atoms with E-state index in [-0.39, 0.29) is 0 Å². The van der Waals surface area contributed by atoms with Crippen LogP contribution in [0.5, 0.6) is 0 Å². The summed E-state index contributed by atoms with van der Waals surface area (Å²) in [6.45, 7) is 7.51. The van der Waals surface area contributed by atoms with Crippen molar-refractivity contribution < 1.29 is 0 Å². The molecule has 2 rings (SSSR count). The van der Waals surface area contributed by atoms with Crippen LogP contribution in [0.3, 0.4) is 0 Å². The number of hydrogen-bond acceptors (Lipinski definition) is 3. The van der Waals surface area contributed by atoms with E-state index in [1.54, 1.807) is 6.20 Å². The van der Waals surface area contributed by atoms with Gasteiger partial charge in [0.1, 0.15) is 5.82 Å². The molecule has 2 aromatic heterocycles. The molecule has 0 fully saturated rings. The number of rotatable bonds is 6. The van der Waals surface area contributed by atoms with Gasteiger partial charge in [-0.2, -0.15) is 9.78 Å². The first-order chi connectivity index (χ1) is 9.20. The molecule has 0 saturated carbocycles. The minimum atomic E-state index is 0.603. The lowest BCUT2D eigenvalue weighted by Gasteiger charge is -2.07. The summed E-state index contributed by atoms with van der Waals surface area (Å²) in [6.07, 6.45) is 3.87. The molecule has 102 valence electrons. The second kappa shape index (κ2) is 6.36. The highest BCUT2D eigenvalue weighted by atomic mass is 15.4. The Kier molecular flexibility index (Phi) is 4.55. The van der Waals surface area contributed by atoms with E-state index in [4.69, 9.17) is 0 Å². The van der Waals surface area contributed by atoms with Crippen LogP contribution in [0.4, 0.5) is 5.82 Å². The van der Waals surface area contributed by atoms with E-state index in [0.29, 0.717) is 5.92 Å². The maximum atomic E-state index is 4.67. The molecule has 0 aliphatic heterocycles. The van der Waals surface area contributed by atoms with E-state index < -0.39 is 0 Å². The third-order valence-corrected chi connectivity index (χ3v) is 2.80. The number of anilines is 1. The second-order valence-electron chi connectivity index (χ2n) is 5.15. The number of hydrogen-bond donors (Lipinski definition) is 1. The molecule has 0 atom stereocenters. The molecule has 1 N–H and O–H groups in total. The molecule has 0 radical (unpaired) electrons. The van der Waals surface area contributed by atoms with Crippen molar-refractivity contribution in [2.45, 2.75) is 33.6 Å². The van der Waals surface area contributed by atoms with Gasteiger partial charge in [-0.1, -0.05) is 26.8 Å². The SMILES string of the molecule is CCCNc1cc(CC(C)C)nn1-c1ccccn1. The van der Waals surface area contributed by atoms with Gasteiger partial charge in [-0.05, 0) is 30.9 Å². The molecule has 0 spiro atoms. The summed E-state index contributed by atoms with van der Waals surface area (Å²) >= 11 is 0. The lowest BCUT2D eigenvalue weighted by atomic mass is 10.1. The molecule has 0 aliphatic carbocycles. The van der Waals surface area contributed by atoms with Gasteiger partial charge in [-0.25, -0.2) is 4.98 Å². The van der Waals surface area contributed by atoms with Gasteiger partial charge in [0.25, 0.3) is 0 Å². The van der Waals surface area contributed by atoms with Gasteiger partial charge in [0.05, 0.1) is 5.69 Å². The normalized spacial score (nSPS) is 10.9. The summed E-state index contributed by atoms with van der Waals surface area (Å²) in [6, 6.07) is 8.00. The van der Waals surface area contributed by atoms with Crippen LogP contribution in [-0.2, 0) is 6.42 Å². The van der Waals surface area contributed by atoms with E-state index in [9.17, 15) is 0 Å². The van der Waals surface area contributed by atoms with Gasteiger partial charge in [-0.15, -0.1) is 0 Å². The molecule has 2 heterocycles. The minimum absolute atomic E-state index is 0.603. The highest BCUT2D eigenvalue weighted by molar-refractivity contribution is 5.43. The van der Waals surface area contributed by atoms with E-state index >= 15 is 0 Å². The van der Waals surface area contributed by atoms with Gasteiger partial charge < -0.3 is 5.32 Å². The highest BCUT2D eigenvalue weighted by Gasteiger charge is 2.10. The van der Waals surface area contributed by atoms with Crippen molar-refractivity contribution in [3.05, 3.63) is 36.2 Å². The van der Waals surface area contributed by atoms with Crippen LogP contribution in [0.2, 0.25) is 0 Å². The summed E-state index contributed by atoms with van der Waals surface area (Å²) in [5.41, 5.74) is 1.11. The summed E-state index contributed by atoms with van der Waals surface area (Å²) in [4.78, 5) is 4.37. The summed E-state index contributed by atoms with van der Waals surface area (Å²) < 4.78 is 1.90. The van der Waals surface area contributed by atoms with Crippen LogP contribution >= 0.6 is 0 Å². The zero-order chi connectivity index (χ0) is 13.7. The Morgan fingerprint density at radius 2 is 2.16 bits per heavy atom. The summed E-state index contributed by atoms with van der Waals surface area (Å²) in [5, 5.41) is 8.08. The number of nitrogens with zero attached hydrogens (tertiary/aromatic N) is 3. The molecule has 0 aromatic carbocycles. The standard InChI is InChI=1S/C15H22N4/c1-4-8-16-15-11-13(10-12(2)3)18-19(15)14-7-5-6-9-17-14/h5-7,9,11-12,16H,4,8,10H2,1-3H3. The van der Waals surface area contributed by atoms with Gasteiger partial charge in [0.15, 0.2) is 5.82 Å². The van der Waals surface area contributed by atoms with Crippen LogP contribution in [-0.4, -0.2) is 21.3 Å². The molecule has 0 bridgehead atoms. The largest absolute Gasteiger partial charge is 0.370 e. The predicted octanol–water partition coefficient (Wildman–Crippen LogP) is 3.29. The van der Waals surface area contributed by atoms with E-state index in [2.05, 4.69) is 42.2 Å². The molecular weight excluding hydrogens is 236 g/mol. The van der Waals surface area contributed by atoms with Crippen LogP contribution in [0.1, 0.15) is 32.9 Å². The Balaban J connectivity index is 2.31. The van der Waals surface area contributed by atoms with Crippen molar-refractivity contribution in [1.82, 2.24) is 14.8 Å². The molecule has 0 aliphatic rings. The Bertz CT molecular complexity index is 502. The molecular formula is C15H22N4. The monoisotopic (exact) mass is 258 g/mol. The Morgan fingerprint density at radius 1 is 1.32 bits per heavy atom. The first-order valence-corrected chi connectivity index (χ1v) is 6.95. The van der Waals surface area contributed by atoms with E-state index in [0.717, 1.165) is 36.7 Å². The minimum Gasteiger partial charge on any atom is -0.370 e. The van der Waals surface area contributed by atoms with Gasteiger partial charge >= 0.3 is 0 Å². The fraction of sp³-hybridized carbons (Fsp3) is 0.467. The highest BCUT2D eigenvalue weighted by Crippen LogP contribution is 2.17. The van der Waals surface area contributed by atoms with Crippen LogP contribution in [0.15, 0.2) is 30.5 Å². The lowest BCUT2D eigenvalue weighted by Crippen LogP contribution is -2.08. The smallest absolute Gasteiger partial charge is 0.155 e. The first kappa shape index (κ1) is 13.6. The zero-order valence-electron chi connectivity index (χ0n) is 11.9. The van der Waals surface area contributed by atoms with Crippen molar-refractivity contribution in [3.8, 4) is 5.82 Å². The third kappa shape index (κ3) is 3.56. The Labute approximate surface area is 114 Å². The van der Waals surface area contributed by atoms with E-state index in [1.807, 2.05) is 22.9 Å². The molecule has 0 unspecified atom stereocenters. The molecule has 19 heavy (non-hydrogen) atoms. The molecule has 0 saturated heterocycles. The molecule has 0 amide bonds. The number of nitrogens with one attached hydrogen (secondary N) is 1. The lowest BCUT2D eigenvalue weighted by molar-refractivity contribution is 0.627. The quantitative estimate of drug-likeness (QED) is 0.864. The van der Waals surface area contributed by atoms with Crippen LogP contribution < -0.4 is 5.32 Å². The number of pyridine rings is 1. The Morgan fingerprint density at radius 3 is 2.79 bits per heavy atom. The summed E-state index contributed by atoms with van der Waals surface area (Å²) in [7, 11) is 0. The first-order valence-electron chi connectivity index (χ1n) is 6.95. The van der Waals surface area contributed by atoms with Crippen LogP contribution in [0, 0.1) is 5.92 Å². The maximum absolute atomic E-state index is 4.67. The molecule has 2 aromatic rings. The maximum Gasteiger partial charge on any atom is 0.155 e. The number of aromatic nitrogens is 3. The average molecular weight is 258 g/mol. The van der Waals surface area contributed by atoms with Crippen molar-refractivity contribution in [1.29, 1.82) is 0 Å².